The average Bonchev–Trinajstić information content (AvgIpc) is 2.29. The molecule has 0 spiro atoms. The molecule has 1 heteroatoms. The molecule has 1 heterocycles. The van der Waals surface area contributed by atoms with Crippen LogP contribution < -0.4 is 5.32 Å². The lowest BCUT2D eigenvalue weighted by Crippen LogP contribution is -2.39. The van der Waals surface area contributed by atoms with Crippen LogP contribution in [-0.2, 0) is 0 Å². The minimum atomic E-state index is 0.637. The number of rotatable bonds is 0. The highest BCUT2D eigenvalue weighted by molar-refractivity contribution is 5.00. The summed E-state index contributed by atoms with van der Waals surface area (Å²) in [5.74, 6) is 0.896. The van der Waals surface area contributed by atoms with Crippen LogP contribution in [0.15, 0.2) is 0 Å². The lowest BCUT2D eigenvalue weighted by atomic mass is 9.68. The van der Waals surface area contributed by atoms with E-state index in [-0.39, 0.29) is 0 Å². The molecule has 11 heavy (non-hydrogen) atoms. The van der Waals surface area contributed by atoms with Crippen LogP contribution in [0.3, 0.4) is 0 Å². The van der Waals surface area contributed by atoms with E-state index in [4.69, 9.17) is 0 Å². The summed E-state index contributed by atoms with van der Waals surface area (Å²) in [7, 11) is 0. The summed E-state index contributed by atoms with van der Waals surface area (Å²) in [5, 5.41) is 3.65. The maximum absolute atomic E-state index is 3.65. The highest BCUT2D eigenvalue weighted by atomic mass is 15.0. The van der Waals surface area contributed by atoms with Crippen LogP contribution in [0.4, 0.5) is 0 Å². The second kappa shape index (κ2) is 2.48. The summed E-state index contributed by atoms with van der Waals surface area (Å²) in [6.45, 7) is 6.13. The van der Waals surface area contributed by atoms with Crippen LogP contribution in [0.2, 0.25) is 0 Å². The number of fused-ring (bicyclic) bond motifs is 1. The number of hydrogen-bond donors (Lipinski definition) is 1. The fourth-order valence-corrected chi connectivity index (χ4v) is 2.84. The lowest BCUT2D eigenvalue weighted by Gasteiger charge is -2.38. The van der Waals surface area contributed by atoms with Gasteiger partial charge in [-0.2, -0.15) is 0 Å². The van der Waals surface area contributed by atoms with E-state index in [1.165, 1.54) is 32.2 Å². The minimum absolute atomic E-state index is 0.637. The Kier molecular flexibility index (Phi) is 1.71. The predicted molar refractivity (Wildman–Crippen MR) is 47.5 cm³/mol. The molecule has 0 aromatic heterocycles. The van der Waals surface area contributed by atoms with E-state index in [0.717, 1.165) is 12.0 Å². The third-order valence-corrected chi connectivity index (χ3v) is 4.05. The minimum Gasteiger partial charge on any atom is -0.313 e. The van der Waals surface area contributed by atoms with Gasteiger partial charge in [-0.25, -0.2) is 0 Å². The first-order valence-electron chi connectivity index (χ1n) is 4.97. The van der Waals surface area contributed by atoms with Gasteiger partial charge in [0.15, 0.2) is 0 Å². The summed E-state index contributed by atoms with van der Waals surface area (Å²) in [4.78, 5) is 0. The van der Waals surface area contributed by atoms with E-state index in [0.29, 0.717) is 5.41 Å². The third-order valence-electron chi connectivity index (χ3n) is 4.05. The largest absolute Gasteiger partial charge is 0.313 e. The van der Waals surface area contributed by atoms with Crippen molar-refractivity contribution in [2.75, 3.05) is 6.54 Å². The topological polar surface area (TPSA) is 12.0 Å². The van der Waals surface area contributed by atoms with Crippen LogP contribution in [0.5, 0.6) is 0 Å². The molecule has 0 bridgehead atoms. The van der Waals surface area contributed by atoms with Crippen molar-refractivity contribution in [3.8, 4) is 0 Å². The van der Waals surface area contributed by atoms with Gasteiger partial charge in [0.05, 0.1) is 0 Å². The van der Waals surface area contributed by atoms with Crippen LogP contribution in [-0.4, -0.2) is 12.6 Å². The van der Waals surface area contributed by atoms with Crippen LogP contribution in [0.1, 0.15) is 39.5 Å². The Morgan fingerprint density at radius 2 is 2.18 bits per heavy atom. The van der Waals surface area contributed by atoms with Gasteiger partial charge in [0.25, 0.3) is 0 Å². The van der Waals surface area contributed by atoms with Crippen LogP contribution in [0.25, 0.3) is 0 Å². The van der Waals surface area contributed by atoms with E-state index < -0.39 is 0 Å². The van der Waals surface area contributed by atoms with E-state index in [1.54, 1.807) is 0 Å². The second-order valence-corrected chi connectivity index (χ2v) is 4.61. The van der Waals surface area contributed by atoms with Crippen molar-refractivity contribution in [1.29, 1.82) is 0 Å². The SMILES string of the molecule is C[C@@H]1CN[C@@H]2CCCC[C@]12C. The zero-order chi connectivity index (χ0) is 7.90. The Morgan fingerprint density at radius 3 is 2.91 bits per heavy atom. The monoisotopic (exact) mass is 153 g/mol. The summed E-state index contributed by atoms with van der Waals surface area (Å²) in [6, 6.07) is 0.839. The lowest BCUT2D eigenvalue weighted by molar-refractivity contribution is 0.151. The fourth-order valence-electron chi connectivity index (χ4n) is 2.84. The fraction of sp³-hybridized carbons (Fsp3) is 1.00. The molecule has 2 fully saturated rings. The summed E-state index contributed by atoms with van der Waals surface area (Å²) >= 11 is 0. The normalized spacial score (nSPS) is 50.7. The van der Waals surface area contributed by atoms with Gasteiger partial charge in [-0.05, 0) is 30.7 Å². The first-order chi connectivity index (χ1) is 5.23. The number of hydrogen-bond acceptors (Lipinski definition) is 1. The molecule has 0 aromatic rings. The molecular formula is C10H19N. The van der Waals surface area contributed by atoms with Gasteiger partial charge in [-0.15, -0.1) is 0 Å². The van der Waals surface area contributed by atoms with Crippen molar-refractivity contribution in [2.24, 2.45) is 11.3 Å². The molecule has 3 atom stereocenters. The molecule has 1 N–H and O–H groups in total. The highest BCUT2D eigenvalue weighted by Crippen LogP contribution is 2.45. The molecule has 2 rings (SSSR count). The Labute approximate surface area is 69.6 Å². The van der Waals surface area contributed by atoms with Gasteiger partial charge in [-0.1, -0.05) is 26.7 Å². The molecular weight excluding hydrogens is 134 g/mol. The van der Waals surface area contributed by atoms with Crippen molar-refractivity contribution < 1.29 is 0 Å². The molecule has 0 amide bonds. The van der Waals surface area contributed by atoms with E-state index in [1.807, 2.05) is 0 Å². The van der Waals surface area contributed by atoms with Crippen molar-refractivity contribution in [3.63, 3.8) is 0 Å². The molecule has 1 aliphatic carbocycles. The molecule has 0 unspecified atom stereocenters. The first-order valence-corrected chi connectivity index (χ1v) is 4.97. The van der Waals surface area contributed by atoms with Crippen LogP contribution in [0, 0.1) is 11.3 Å². The standard InChI is InChI=1S/C10H19N/c1-8-7-11-9-5-3-4-6-10(8,9)2/h8-9,11H,3-7H2,1-2H3/t8-,9-,10-/m1/s1. The summed E-state index contributed by atoms with van der Waals surface area (Å²) in [5.41, 5.74) is 0.637. The Morgan fingerprint density at radius 1 is 1.36 bits per heavy atom. The molecule has 1 nitrogen and oxygen atoms in total. The molecule has 0 radical (unpaired) electrons. The second-order valence-electron chi connectivity index (χ2n) is 4.61. The zero-order valence-corrected chi connectivity index (χ0v) is 7.69. The van der Waals surface area contributed by atoms with Crippen molar-refractivity contribution >= 4 is 0 Å². The van der Waals surface area contributed by atoms with Crippen molar-refractivity contribution in [3.05, 3.63) is 0 Å². The van der Waals surface area contributed by atoms with E-state index in [2.05, 4.69) is 19.2 Å². The Balaban J connectivity index is 2.16. The average molecular weight is 153 g/mol. The van der Waals surface area contributed by atoms with Gasteiger partial charge in [0.1, 0.15) is 0 Å². The highest BCUT2D eigenvalue weighted by Gasteiger charge is 2.44. The van der Waals surface area contributed by atoms with Crippen molar-refractivity contribution in [1.82, 2.24) is 5.32 Å². The van der Waals surface area contributed by atoms with Crippen molar-refractivity contribution in [2.45, 2.75) is 45.6 Å². The third kappa shape index (κ3) is 1.01. The van der Waals surface area contributed by atoms with Gasteiger partial charge >= 0.3 is 0 Å². The Bertz CT molecular complexity index is 153. The van der Waals surface area contributed by atoms with Gasteiger partial charge in [0.2, 0.25) is 0 Å². The Hall–Kier alpha value is -0.0400. The molecule has 2 aliphatic rings. The number of nitrogens with one attached hydrogen (secondary N) is 1. The van der Waals surface area contributed by atoms with Gasteiger partial charge < -0.3 is 5.32 Å². The molecule has 1 saturated heterocycles. The zero-order valence-electron chi connectivity index (χ0n) is 7.69. The van der Waals surface area contributed by atoms with E-state index >= 15 is 0 Å². The summed E-state index contributed by atoms with van der Waals surface area (Å²) < 4.78 is 0. The maximum atomic E-state index is 3.65. The molecule has 1 aliphatic heterocycles. The van der Waals surface area contributed by atoms with Gasteiger partial charge in [0, 0.05) is 6.04 Å². The summed E-state index contributed by atoms with van der Waals surface area (Å²) in [6.07, 6.45) is 5.77. The van der Waals surface area contributed by atoms with Crippen LogP contribution >= 0.6 is 0 Å². The smallest absolute Gasteiger partial charge is 0.0124 e. The quantitative estimate of drug-likeness (QED) is 0.562. The van der Waals surface area contributed by atoms with Gasteiger partial charge in [-0.3, -0.25) is 0 Å². The van der Waals surface area contributed by atoms with E-state index in [9.17, 15) is 0 Å². The maximum Gasteiger partial charge on any atom is 0.0124 e. The molecule has 0 aromatic carbocycles. The predicted octanol–water partition coefficient (Wildman–Crippen LogP) is 2.17. The molecule has 1 saturated carbocycles. The molecule has 64 valence electrons. The first kappa shape index (κ1) is 7.60.